The van der Waals surface area contributed by atoms with E-state index < -0.39 is 0 Å². The van der Waals surface area contributed by atoms with E-state index in [1.807, 2.05) is 12.1 Å². The third kappa shape index (κ3) is 2.48. The van der Waals surface area contributed by atoms with Gasteiger partial charge in [-0.05, 0) is 44.7 Å². The van der Waals surface area contributed by atoms with E-state index in [0.29, 0.717) is 6.04 Å². The number of benzene rings is 1. The predicted octanol–water partition coefficient (Wildman–Crippen LogP) is 3.99. The third-order valence-electron chi connectivity index (χ3n) is 2.95. The summed E-state index contributed by atoms with van der Waals surface area (Å²) in [5.74, 6) is 0. The Labute approximate surface area is 108 Å². The molecule has 2 aromatic rings. The maximum Gasteiger partial charge on any atom is 0.0486 e. The Morgan fingerprint density at radius 1 is 1.29 bits per heavy atom. The summed E-state index contributed by atoms with van der Waals surface area (Å²) >= 11 is 6.04. The number of nitrogens with zero attached hydrogens (tertiary/aromatic N) is 1. The maximum absolute atomic E-state index is 6.04. The molecular formula is C14H19ClN2. The zero-order chi connectivity index (χ0) is 12.4. The van der Waals surface area contributed by atoms with E-state index in [1.54, 1.807) is 0 Å². The van der Waals surface area contributed by atoms with Crippen LogP contribution in [-0.2, 0) is 6.54 Å². The van der Waals surface area contributed by atoms with Gasteiger partial charge < -0.3 is 9.88 Å². The lowest BCUT2D eigenvalue weighted by atomic mass is 10.2. The number of hydrogen-bond acceptors (Lipinski definition) is 1. The quantitative estimate of drug-likeness (QED) is 0.869. The van der Waals surface area contributed by atoms with Crippen molar-refractivity contribution >= 4 is 22.5 Å². The topological polar surface area (TPSA) is 17.0 Å². The van der Waals surface area contributed by atoms with Crippen molar-refractivity contribution in [1.29, 1.82) is 0 Å². The van der Waals surface area contributed by atoms with Gasteiger partial charge in [-0.2, -0.15) is 0 Å². The molecule has 0 aliphatic carbocycles. The molecule has 1 N–H and O–H groups in total. The Morgan fingerprint density at radius 3 is 2.71 bits per heavy atom. The molecule has 0 fully saturated rings. The van der Waals surface area contributed by atoms with Crippen LogP contribution in [-0.4, -0.2) is 11.1 Å². The van der Waals surface area contributed by atoms with Crippen molar-refractivity contribution in [3.63, 3.8) is 0 Å². The summed E-state index contributed by atoms with van der Waals surface area (Å²) in [5.41, 5.74) is 2.58. The molecule has 0 amide bonds. The van der Waals surface area contributed by atoms with Gasteiger partial charge in [-0.25, -0.2) is 0 Å². The smallest absolute Gasteiger partial charge is 0.0486 e. The van der Waals surface area contributed by atoms with Gasteiger partial charge >= 0.3 is 0 Å². The molecule has 0 atom stereocenters. The molecule has 0 saturated heterocycles. The number of halogens is 1. The van der Waals surface area contributed by atoms with Crippen LogP contribution in [0.1, 0.15) is 32.5 Å². The predicted molar refractivity (Wildman–Crippen MR) is 74.7 cm³/mol. The van der Waals surface area contributed by atoms with Crippen LogP contribution in [0.4, 0.5) is 0 Å². The van der Waals surface area contributed by atoms with E-state index >= 15 is 0 Å². The molecule has 0 aliphatic heterocycles. The van der Waals surface area contributed by atoms with E-state index in [1.165, 1.54) is 16.6 Å². The molecule has 0 radical (unpaired) electrons. The van der Waals surface area contributed by atoms with Gasteiger partial charge in [-0.3, -0.25) is 0 Å². The lowest BCUT2D eigenvalue weighted by Gasteiger charge is -2.14. The average Bonchev–Trinajstić information content (AvgIpc) is 2.63. The third-order valence-corrected chi connectivity index (χ3v) is 3.19. The van der Waals surface area contributed by atoms with Crippen LogP contribution >= 0.6 is 11.6 Å². The summed E-state index contributed by atoms with van der Waals surface area (Å²) in [6.45, 7) is 8.44. The van der Waals surface area contributed by atoms with Gasteiger partial charge in [-0.1, -0.05) is 18.5 Å². The zero-order valence-corrected chi connectivity index (χ0v) is 11.4. The fourth-order valence-electron chi connectivity index (χ4n) is 2.26. The first kappa shape index (κ1) is 12.5. The minimum atomic E-state index is 0.460. The highest BCUT2D eigenvalue weighted by Gasteiger charge is 2.11. The second-order valence-corrected chi connectivity index (χ2v) is 5.02. The largest absolute Gasteiger partial charge is 0.341 e. The van der Waals surface area contributed by atoms with Crippen molar-refractivity contribution in [3.05, 3.63) is 35.0 Å². The monoisotopic (exact) mass is 250 g/mol. The van der Waals surface area contributed by atoms with Gasteiger partial charge in [-0.15, -0.1) is 0 Å². The molecule has 0 aliphatic rings. The van der Waals surface area contributed by atoms with Crippen LogP contribution in [0.25, 0.3) is 10.9 Å². The standard InChI is InChI=1S/C14H19ClN2/c1-4-16-9-13-8-11-7-12(15)5-6-14(11)17(13)10(2)3/h5-8,10,16H,4,9H2,1-3H3. The first-order valence-corrected chi connectivity index (χ1v) is 6.51. The maximum atomic E-state index is 6.04. The Morgan fingerprint density at radius 2 is 2.06 bits per heavy atom. The Hall–Kier alpha value is -0.990. The molecule has 0 unspecified atom stereocenters. The lowest BCUT2D eigenvalue weighted by Crippen LogP contribution is -2.16. The van der Waals surface area contributed by atoms with Crippen LogP contribution in [0, 0.1) is 0 Å². The average molecular weight is 251 g/mol. The van der Waals surface area contributed by atoms with Gasteiger partial charge in [0.25, 0.3) is 0 Å². The zero-order valence-electron chi connectivity index (χ0n) is 10.6. The van der Waals surface area contributed by atoms with Crippen LogP contribution in [0.2, 0.25) is 5.02 Å². The van der Waals surface area contributed by atoms with E-state index in [0.717, 1.165) is 18.1 Å². The molecule has 0 bridgehead atoms. The molecular weight excluding hydrogens is 232 g/mol. The van der Waals surface area contributed by atoms with Gasteiger partial charge in [0, 0.05) is 34.2 Å². The second-order valence-electron chi connectivity index (χ2n) is 4.58. The van der Waals surface area contributed by atoms with Crippen molar-refractivity contribution in [2.45, 2.75) is 33.4 Å². The molecule has 2 rings (SSSR count). The molecule has 92 valence electrons. The summed E-state index contributed by atoms with van der Waals surface area (Å²) in [5, 5.41) is 5.40. The van der Waals surface area contributed by atoms with E-state index in [2.05, 4.69) is 42.8 Å². The van der Waals surface area contributed by atoms with Crippen molar-refractivity contribution in [1.82, 2.24) is 9.88 Å². The van der Waals surface area contributed by atoms with Gasteiger partial charge in [0.15, 0.2) is 0 Å². The van der Waals surface area contributed by atoms with Crippen LogP contribution in [0.3, 0.4) is 0 Å². The molecule has 1 aromatic carbocycles. The minimum Gasteiger partial charge on any atom is -0.341 e. The second kappa shape index (κ2) is 5.11. The van der Waals surface area contributed by atoms with E-state index in [9.17, 15) is 0 Å². The van der Waals surface area contributed by atoms with Gasteiger partial charge in [0.1, 0.15) is 0 Å². The fraction of sp³-hybridized carbons (Fsp3) is 0.429. The summed E-state index contributed by atoms with van der Waals surface area (Å²) in [6.07, 6.45) is 0. The highest BCUT2D eigenvalue weighted by atomic mass is 35.5. The van der Waals surface area contributed by atoms with E-state index in [4.69, 9.17) is 11.6 Å². The van der Waals surface area contributed by atoms with Crippen molar-refractivity contribution in [2.24, 2.45) is 0 Å². The molecule has 0 spiro atoms. The van der Waals surface area contributed by atoms with Crippen molar-refractivity contribution < 1.29 is 0 Å². The summed E-state index contributed by atoms with van der Waals surface area (Å²) in [7, 11) is 0. The molecule has 1 heterocycles. The highest BCUT2D eigenvalue weighted by molar-refractivity contribution is 6.31. The molecule has 0 saturated carbocycles. The minimum absolute atomic E-state index is 0.460. The van der Waals surface area contributed by atoms with Gasteiger partial charge in [0.05, 0.1) is 0 Å². The highest BCUT2D eigenvalue weighted by Crippen LogP contribution is 2.26. The Kier molecular flexibility index (Phi) is 3.75. The van der Waals surface area contributed by atoms with Gasteiger partial charge in [0.2, 0.25) is 0 Å². The molecule has 2 nitrogen and oxygen atoms in total. The number of aromatic nitrogens is 1. The number of nitrogens with one attached hydrogen (secondary N) is 1. The number of rotatable bonds is 4. The SMILES string of the molecule is CCNCc1cc2cc(Cl)ccc2n1C(C)C. The first-order valence-electron chi connectivity index (χ1n) is 6.13. The number of hydrogen-bond donors (Lipinski definition) is 1. The summed E-state index contributed by atoms with van der Waals surface area (Å²) in [6, 6.07) is 8.78. The normalized spacial score (nSPS) is 11.6. The summed E-state index contributed by atoms with van der Waals surface area (Å²) in [4.78, 5) is 0. The van der Waals surface area contributed by atoms with Crippen LogP contribution < -0.4 is 5.32 Å². The number of fused-ring (bicyclic) bond motifs is 1. The van der Waals surface area contributed by atoms with E-state index in [-0.39, 0.29) is 0 Å². The van der Waals surface area contributed by atoms with Crippen LogP contribution in [0.15, 0.2) is 24.3 Å². The lowest BCUT2D eigenvalue weighted by molar-refractivity contribution is 0.572. The van der Waals surface area contributed by atoms with Crippen molar-refractivity contribution in [2.75, 3.05) is 6.54 Å². The fourth-order valence-corrected chi connectivity index (χ4v) is 2.44. The molecule has 17 heavy (non-hydrogen) atoms. The van der Waals surface area contributed by atoms with Crippen molar-refractivity contribution in [3.8, 4) is 0 Å². The molecule has 3 heteroatoms. The molecule has 1 aromatic heterocycles. The van der Waals surface area contributed by atoms with Crippen LogP contribution in [0.5, 0.6) is 0 Å². The summed E-state index contributed by atoms with van der Waals surface area (Å²) < 4.78 is 2.37. The Balaban J connectivity index is 2.53. The first-order chi connectivity index (χ1) is 8.13. The Bertz CT molecular complexity index is 514.